The predicted octanol–water partition coefficient (Wildman–Crippen LogP) is 4.35. The standard InChI is InChI=1S/C26H24N2O4S/c29-25(27-20-10-11-23-24(14-20)32-13-12-31-23)22(17-33-16-18-6-2-1-3-7-18)28-15-19-8-4-5-9-21(19)26(28)30/h1-11,14,22H,12-13,15-17H2,(H,27,29)/t22-/m0/s1. The summed E-state index contributed by atoms with van der Waals surface area (Å²) in [6.07, 6.45) is 0. The molecule has 168 valence electrons. The van der Waals surface area contributed by atoms with Gasteiger partial charge in [0.25, 0.3) is 5.91 Å². The molecule has 2 aliphatic heterocycles. The summed E-state index contributed by atoms with van der Waals surface area (Å²) in [5.74, 6) is 2.22. The van der Waals surface area contributed by atoms with Gasteiger partial charge in [-0.3, -0.25) is 9.59 Å². The topological polar surface area (TPSA) is 67.9 Å². The molecular formula is C26H24N2O4S. The van der Waals surface area contributed by atoms with Gasteiger partial charge in [-0.15, -0.1) is 0 Å². The minimum atomic E-state index is -0.605. The van der Waals surface area contributed by atoms with Crippen molar-refractivity contribution in [2.24, 2.45) is 0 Å². The summed E-state index contributed by atoms with van der Waals surface area (Å²) < 4.78 is 11.2. The smallest absolute Gasteiger partial charge is 0.255 e. The van der Waals surface area contributed by atoms with E-state index in [0.29, 0.717) is 48.3 Å². The van der Waals surface area contributed by atoms with E-state index in [-0.39, 0.29) is 11.8 Å². The minimum absolute atomic E-state index is 0.103. The molecule has 2 aliphatic rings. The molecule has 2 heterocycles. The highest BCUT2D eigenvalue weighted by atomic mass is 32.2. The highest BCUT2D eigenvalue weighted by molar-refractivity contribution is 7.98. The van der Waals surface area contributed by atoms with Gasteiger partial charge in [0.05, 0.1) is 0 Å². The number of fused-ring (bicyclic) bond motifs is 2. The fraction of sp³-hybridized carbons (Fsp3) is 0.231. The molecule has 3 aromatic carbocycles. The van der Waals surface area contributed by atoms with Crippen molar-refractivity contribution in [1.82, 2.24) is 4.90 Å². The van der Waals surface area contributed by atoms with E-state index >= 15 is 0 Å². The average molecular weight is 461 g/mol. The Kier molecular flexibility index (Phi) is 6.21. The first-order chi connectivity index (χ1) is 16.2. The van der Waals surface area contributed by atoms with Gasteiger partial charge >= 0.3 is 0 Å². The number of thioether (sulfide) groups is 1. The van der Waals surface area contributed by atoms with E-state index in [1.165, 1.54) is 5.56 Å². The third kappa shape index (κ3) is 4.68. The van der Waals surface area contributed by atoms with E-state index in [4.69, 9.17) is 9.47 Å². The van der Waals surface area contributed by atoms with E-state index in [0.717, 1.165) is 11.3 Å². The molecule has 2 amide bonds. The Morgan fingerprint density at radius 2 is 1.73 bits per heavy atom. The number of anilines is 1. The van der Waals surface area contributed by atoms with Crippen molar-refractivity contribution >= 4 is 29.3 Å². The summed E-state index contributed by atoms with van der Waals surface area (Å²) in [4.78, 5) is 28.2. The minimum Gasteiger partial charge on any atom is -0.486 e. The second-order valence-electron chi connectivity index (χ2n) is 7.95. The molecule has 33 heavy (non-hydrogen) atoms. The Hall–Kier alpha value is -3.45. The zero-order chi connectivity index (χ0) is 22.6. The van der Waals surface area contributed by atoms with Crippen molar-refractivity contribution in [3.05, 3.63) is 89.5 Å². The van der Waals surface area contributed by atoms with E-state index < -0.39 is 6.04 Å². The lowest BCUT2D eigenvalue weighted by molar-refractivity contribution is -0.119. The Bertz CT molecular complexity index is 1170. The number of rotatable bonds is 7. The van der Waals surface area contributed by atoms with E-state index in [9.17, 15) is 9.59 Å². The number of nitrogens with one attached hydrogen (secondary N) is 1. The largest absolute Gasteiger partial charge is 0.486 e. The molecule has 1 N–H and O–H groups in total. The molecule has 5 rings (SSSR count). The quantitative estimate of drug-likeness (QED) is 0.568. The van der Waals surface area contributed by atoms with E-state index in [1.807, 2.05) is 42.5 Å². The molecular weight excluding hydrogens is 436 g/mol. The third-order valence-electron chi connectivity index (χ3n) is 5.73. The fourth-order valence-electron chi connectivity index (χ4n) is 4.05. The normalized spacial score (nSPS) is 15.2. The van der Waals surface area contributed by atoms with Crippen molar-refractivity contribution in [1.29, 1.82) is 0 Å². The molecule has 0 bridgehead atoms. The Morgan fingerprint density at radius 3 is 2.55 bits per heavy atom. The molecule has 0 spiro atoms. The number of hydrogen-bond acceptors (Lipinski definition) is 5. The predicted molar refractivity (Wildman–Crippen MR) is 129 cm³/mol. The number of carbonyl (C=O) groups excluding carboxylic acids is 2. The number of carbonyl (C=O) groups is 2. The van der Waals surface area contributed by atoms with Crippen molar-refractivity contribution in [3.8, 4) is 11.5 Å². The summed E-state index contributed by atoms with van der Waals surface area (Å²) in [6, 6.07) is 22.4. The zero-order valence-corrected chi connectivity index (χ0v) is 18.8. The molecule has 0 saturated heterocycles. The summed E-state index contributed by atoms with van der Waals surface area (Å²) >= 11 is 1.64. The van der Waals surface area contributed by atoms with Crippen molar-refractivity contribution < 1.29 is 19.1 Å². The zero-order valence-electron chi connectivity index (χ0n) is 18.0. The van der Waals surface area contributed by atoms with Crippen LogP contribution in [0.3, 0.4) is 0 Å². The van der Waals surface area contributed by atoms with Gasteiger partial charge < -0.3 is 19.7 Å². The van der Waals surface area contributed by atoms with Crippen LogP contribution in [0.15, 0.2) is 72.8 Å². The Morgan fingerprint density at radius 1 is 0.970 bits per heavy atom. The number of ether oxygens (including phenoxy) is 2. The lowest BCUT2D eigenvalue weighted by Crippen LogP contribution is -2.46. The molecule has 6 nitrogen and oxygen atoms in total. The monoisotopic (exact) mass is 460 g/mol. The maximum atomic E-state index is 13.4. The van der Waals surface area contributed by atoms with Gasteiger partial charge in [0.2, 0.25) is 5.91 Å². The average Bonchev–Trinajstić information content (AvgIpc) is 3.18. The first kappa shape index (κ1) is 21.4. The molecule has 3 aromatic rings. The number of amides is 2. The molecule has 0 aliphatic carbocycles. The highest BCUT2D eigenvalue weighted by Gasteiger charge is 2.36. The summed E-state index contributed by atoms with van der Waals surface area (Å²) in [5.41, 5.74) is 3.42. The molecule has 1 atom stereocenters. The molecule has 7 heteroatoms. The lowest BCUT2D eigenvalue weighted by Gasteiger charge is -2.27. The van der Waals surface area contributed by atoms with Crippen LogP contribution >= 0.6 is 11.8 Å². The molecule has 0 unspecified atom stereocenters. The van der Waals surface area contributed by atoms with Gasteiger partial charge in [-0.25, -0.2) is 0 Å². The Balaban J connectivity index is 1.34. The number of benzene rings is 3. The van der Waals surface area contributed by atoms with Crippen molar-refractivity contribution in [3.63, 3.8) is 0 Å². The van der Waals surface area contributed by atoms with Crippen molar-refractivity contribution in [2.75, 3.05) is 24.3 Å². The maximum absolute atomic E-state index is 13.4. The summed E-state index contributed by atoms with van der Waals surface area (Å²) in [7, 11) is 0. The second-order valence-corrected chi connectivity index (χ2v) is 8.98. The van der Waals surface area contributed by atoms with Crippen LogP contribution in [-0.2, 0) is 17.1 Å². The van der Waals surface area contributed by atoms with Gasteiger partial charge in [-0.1, -0.05) is 48.5 Å². The summed E-state index contributed by atoms with van der Waals surface area (Å²) in [6.45, 7) is 1.42. The van der Waals surface area contributed by atoms with Crippen LogP contribution < -0.4 is 14.8 Å². The van der Waals surface area contributed by atoms with E-state index in [2.05, 4.69) is 17.4 Å². The SMILES string of the molecule is O=C(Nc1ccc2c(c1)OCCO2)[C@H](CSCc1ccccc1)N1Cc2ccccc2C1=O. The highest BCUT2D eigenvalue weighted by Crippen LogP contribution is 2.33. The first-order valence-corrected chi connectivity index (χ1v) is 12.1. The van der Waals surface area contributed by atoms with Crippen LogP contribution in [0.2, 0.25) is 0 Å². The van der Waals surface area contributed by atoms with Gasteiger partial charge in [0, 0.05) is 35.4 Å². The van der Waals surface area contributed by atoms with Crippen molar-refractivity contribution in [2.45, 2.75) is 18.3 Å². The molecule has 0 fully saturated rings. The third-order valence-corrected chi connectivity index (χ3v) is 6.81. The summed E-state index contributed by atoms with van der Waals surface area (Å²) in [5, 5.41) is 2.98. The van der Waals surface area contributed by atoms with Gasteiger partial charge in [-0.05, 0) is 29.3 Å². The molecule has 0 saturated carbocycles. The maximum Gasteiger partial charge on any atom is 0.255 e. The van der Waals surface area contributed by atoms with E-state index in [1.54, 1.807) is 34.9 Å². The van der Waals surface area contributed by atoms with Crippen LogP contribution in [-0.4, -0.2) is 41.7 Å². The van der Waals surface area contributed by atoms with Crippen LogP contribution in [0.4, 0.5) is 5.69 Å². The van der Waals surface area contributed by atoms with Crippen LogP contribution in [0.25, 0.3) is 0 Å². The first-order valence-electron chi connectivity index (χ1n) is 10.9. The van der Waals surface area contributed by atoms with Crippen LogP contribution in [0.1, 0.15) is 21.5 Å². The fourth-order valence-corrected chi connectivity index (χ4v) is 5.15. The van der Waals surface area contributed by atoms with Gasteiger partial charge in [0.15, 0.2) is 11.5 Å². The second kappa shape index (κ2) is 9.58. The van der Waals surface area contributed by atoms with Gasteiger partial charge in [0.1, 0.15) is 19.3 Å². The lowest BCUT2D eigenvalue weighted by atomic mass is 10.1. The van der Waals surface area contributed by atoms with Gasteiger partial charge in [-0.2, -0.15) is 11.8 Å². The number of hydrogen-bond donors (Lipinski definition) is 1. The van der Waals surface area contributed by atoms with Crippen LogP contribution in [0, 0.1) is 0 Å². The molecule has 0 radical (unpaired) electrons. The molecule has 0 aromatic heterocycles. The van der Waals surface area contributed by atoms with Crippen LogP contribution in [0.5, 0.6) is 11.5 Å². The Labute approximate surface area is 196 Å². The number of nitrogens with zero attached hydrogens (tertiary/aromatic N) is 1.